The highest BCUT2D eigenvalue weighted by molar-refractivity contribution is 7.92. The van der Waals surface area contributed by atoms with Gasteiger partial charge in [-0.3, -0.25) is 4.31 Å². The largest absolute Gasteiger partial charge is 0.306 e. The minimum atomic E-state index is -3.26. The fraction of sp³-hybridized carbons (Fsp3) is 0.278. The molecule has 124 valence electrons. The maximum absolute atomic E-state index is 12.0. The normalized spacial score (nSPS) is 17.5. The second kappa shape index (κ2) is 5.08. The highest BCUT2D eigenvalue weighted by Crippen LogP contribution is 2.36. The minimum Gasteiger partial charge on any atom is -0.306 e. The molecule has 0 saturated carbocycles. The number of sulfonamides is 1. The van der Waals surface area contributed by atoms with E-state index in [0.717, 1.165) is 40.1 Å². The number of aryl methyl sites for hydroxylation is 1. The maximum Gasteiger partial charge on any atom is 0.232 e. The zero-order valence-corrected chi connectivity index (χ0v) is 14.7. The van der Waals surface area contributed by atoms with E-state index in [0.29, 0.717) is 0 Å². The average Bonchev–Trinajstić information content (AvgIpc) is 3.06. The summed E-state index contributed by atoms with van der Waals surface area (Å²) in [6.07, 6.45) is 5.98. The molecule has 4 rings (SSSR count). The molecule has 0 N–H and O–H groups in total. The first-order valence-electron chi connectivity index (χ1n) is 7.91. The van der Waals surface area contributed by atoms with Crippen LogP contribution in [-0.4, -0.2) is 30.1 Å². The van der Waals surface area contributed by atoms with Crippen LogP contribution in [0.5, 0.6) is 0 Å². The van der Waals surface area contributed by atoms with Crippen LogP contribution in [-0.2, 0) is 16.4 Å². The molecule has 0 fully saturated rings. The lowest BCUT2D eigenvalue weighted by Gasteiger charge is -2.21. The first kappa shape index (κ1) is 15.2. The Hall–Kier alpha value is -2.34. The molecule has 5 nitrogen and oxygen atoms in total. The quantitative estimate of drug-likeness (QED) is 0.720. The number of rotatable bonds is 2. The van der Waals surface area contributed by atoms with Crippen molar-refractivity contribution < 1.29 is 8.42 Å². The zero-order chi connectivity index (χ0) is 17.1. The van der Waals surface area contributed by atoms with Crippen LogP contribution in [0, 0.1) is 6.92 Å². The van der Waals surface area contributed by atoms with Crippen molar-refractivity contribution in [3.8, 4) is 11.3 Å². The van der Waals surface area contributed by atoms with Gasteiger partial charge in [-0.15, -0.1) is 0 Å². The molecular weight excluding hydrogens is 322 g/mol. The molecular formula is C18H19N3O2S. The number of pyridine rings is 1. The van der Waals surface area contributed by atoms with Crippen molar-refractivity contribution in [1.82, 2.24) is 9.38 Å². The molecule has 1 unspecified atom stereocenters. The zero-order valence-electron chi connectivity index (χ0n) is 13.9. The number of imidazole rings is 1. The van der Waals surface area contributed by atoms with Crippen LogP contribution in [0.15, 0.2) is 42.7 Å². The number of hydrogen-bond acceptors (Lipinski definition) is 3. The van der Waals surface area contributed by atoms with Crippen LogP contribution in [0.1, 0.15) is 18.1 Å². The first-order chi connectivity index (χ1) is 11.3. The summed E-state index contributed by atoms with van der Waals surface area (Å²) in [5.74, 6) is 0. The summed E-state index contributed by atoms with van der Waals surface area (Å²) in [5.41, 5.74) is 5.82. The van der Waals surface area contributed by atoms with Gasteiger partial charge < -0.3 is 4.40 Å². The predicted octanol–water partition coefficient (Wildman–Crippen LogP) is 3.02. The van der Waals surface area contributed by atoms with Gasteiger partial charge in [0.25, 0.3) is 0 Å². The lowest BCUT2D eigenvalue weighted by Crippen LogP contribution is -2.34. The van der Waals surface area contributed by atoms with Gasteiger partial charge in [-0.05, 0) is 49.6 Å². The molecule has 1 aliphatic heterocycles. The summed E-state index contributed by atoms with van der Waals surface area (Å²) >= 11 is 0. The molecule has 0 amide bonds. The Balaban J connectivity index is 1.82. The van der Waals surface area contributed by atoms with Crippen molar-refractivity contribution in [3.05, 3.63) is 53.9 Å². The Kier molecular flexibility index (Phi) is 3.22. The molecule has 3 aromatic rings. The molecule has 6 heteroatoms. The van der Waals surface area contributed by atoms with Crippen molar-refractivity contribution in [2.75, 3.05) is 10.6 Å². The lowest BCUT2D eigenvalue weighted by atomic mass is 10.1. The van der Waals surface area contributed by atoms with Crippen LogP contribution in [0.2, 0.25) is 0 Å². The average molecular weight is 341 g/mol. The fourth-order valence-corrected chi connectivity index (χ4v) is 4.82. The number of fused-ring (bicyclic) bond motifs is 2. The highest BCUT2D eigenvalue weighted by atomic mass is 32.2. The molecule has 1 atom stereocenters. The van der Waals surface area contributed by atoms with Crippen LogP contribution < -0.4 is 4.31 Å². The fourth-order valence-electron chi connectivity index (χ4n) is 3.56. The van der Waals surface area contributed by atoms with Gasteiger partial charge in [0.05, 0.1) is 17.6 Å². The van der Waals surface area contributed by atoms with E-state index >= 15 is 0 Å². The second-order valence-electron chi connectivity index (χ2n) is 6.50. The number of hydrogen-bond donors (Lipinski definition) is 0. The SMILES string of the molecule is Cc1cccn2cc(-c3ccc4c(c3)CC(C)N4S(C)(=O)=O)nc12. The van der Waals surface area contributed by atoms with Crippen molar-refractivity contribution in [3.63, 3.8) is 0 Å². The van der Waals surface area contributed by atoms with E-state index < -0.39 is 10.0 Å². The minimum absolute atomic E-state index is 0.0476. The van der Waals surface area contributed by atoms with Crippen LogP contribution in [0.25, 0.3) is 16.9 Å². The Morgan fingerprint density at radius 2 is 2.04 bits per heavy atom. The monoisotopic (exact) mass is 341 g/mol. The Bertz CT molecular complexity index is 1050. The van der Waals surface area contributed by atoms with E-state index in [2.05, 4.69) is 6.07 Å². The number of anilines is 1. The van der Waals surface area contributed by atoms with Crippen LogP contribution >= 0.6 is 0 Å². The summed E-state index contributed by atoms with van der Waals surface area (Å²) in [5, 5.41) is 0. The summed E-state index contributed by atoms with van der Waals surface area (Å²) in [6.45, 7) is 3.98. The molecule has 1 aromatic carbocycles. The Labute approximate surface area is 141 Å². The molecule has 0 spiro atoms. The summed E-state index contributed by atoms with van der Waals surface area (Å²) in [6, 6.07) is 9.91. The van der Waals surface area contributed by atoms with E-state index in [4.69, 9.17) is 4.98 Å². The molecule has 24 heavy (non-hydrogen) atoms. The molecule has 3 heterocycles. The second-order valence-corrected chi connectivity index (χ2v) is 8.36. The summed E-state index contributed by atoms with van der Waals surface area (Å²) in [7, 11) is -3.26. The van der Waals surface area contributed by atoms with Crippen LogP contribution in [0.3, 0.4) is 0 Å². The van der Waals surface area contributed by atoms with Gasteiger partial charge in [-0.25, -0.2) is 13.4 Å². The van der Waals surface area contributed by atoms with Gasteiger partial charge in [-0.1, -0.05) is 12.1 Å². The number of nitrogens with zero attached hydrogens (tertiary/aromatic N) is 3. The van der Waals surface area contributed by atoms with Gasteiger partial charge in [0.1, 0.15) is 5.65 Å². The standard InChI is InChI=1S/C18H19N3O2S/c1-12-5-4-8-20-11-16(19-18(12)20)14-6-7-17-15(10-14)9-13(2)21(17)24(3,22)23/h4-8,10-11,13H,9H2,1-3H3. The van der Waals surface area contributed by atoms with Crippen molar-refractivity contribution in [2.24, 2.45) is 0 Å². The van der Waals surface area contributed by atoms with E-state index in [1.54, 1.807) is 0 Å². The van der Waals surface area contributed by atoms with E-state index in [1.807, 2.05) is 54.9 Å². The third-order valence-corrected chi connectivity index (χ3v) is 5.83. The third-order valence-electron chi connectivity index (χ3n) is 4.56. The van der Waals surface area contributed by atoms with Gasteiger partial charge >= 0.3 is 0 Å². The molecule has 0 radical (unpaired) electrons. The third kappa shape index (κ3) is 2.29. The van der Waals surface area contributed by atoms with Crippen molar-refractivity contribution in [1.29, 1.82) is 0 Å². The maximum atomic E-state index is 12.0. The van der Waals surface area contributed by atoms with Gasteiger partial charge in [0, 0.05) is 24.0 Å². The van der Waals surface area contributed by atoms with Gasteiger partial charge in [-0.2, -0.15) is 0 Å². The molecule has 0 saturated heterocycles. The van der Waals surface area contributed by atoms with E-state index in [-0.39, 0.29) is 6.04 Å². The van der Waals surface area contributed by atoms with E-state index in [9.17, 15) is 8.42 Å². The topological polar surface area (TPSA) is 54.7 Å². The Morgan fingerprint density at radius 1 is 1.25 bits per heavy atom. The van der Waals surface area contributed by atoms with Crippen LogP contribution in [0.4, 0.5) is 5.69 Å². The Morgan fingerprint density at radius 3 is 2.75 bits per heavy atom. The van der Waals surface area contributed by atoms with Gasteiger partial charge in [0.15, 0.2) is 0 Å². The van der Waals surface area contributed by atoms with Crippen molar-refractivity contribution >= 4 is 21.4 Å². The number of aromatic nitrogens is 2. The lowest BCUT2D eigenvalue weighted by molar-refractivity contribution is 0.590. The highest BCUT2D eigenvalue weighted by Gasteiger charge is 2.32. The van der Waals surface area contributed by atoms with Crippen molar-refractivity contribution in [2.45, 2.75) is 26.3 Å². The molecule has 0 aliphatic carbocycles. The van der Waals surface area contributed by atoms with E-state index in [1.165, 1.54) is 10.6 Å². The predicted molar refractivity (Wildman–Crippen MR) is 95.9 cm³/mol. The number of benzene rings is 1. The molecule has 1 aliphatic rings. The summed E-state index contributed by atoms with van der Waals surface area (Å²) < 4.78 is 27.6. The van der Waals surface area contributed by atoms with Gasteiger partial charge in [0.2, 0.25) is 10.0 Å². The first-order valence-corrected chi connectivity index (χ1v) is 9.76. The molecule has 2 aromatic heterocycles. The summed E-state index contributed by atoms with van der Waals surface area (Å²) in [4.78, 5) is 4.73. The molecule has 0 bridgehead atoms. The smallest absolute Gasteiger partial charge is 0.232 e.